The third kappa shape index (κ3) is 3.40. The van der Waals surface area contributed by atoms with E-state index in [1.54, 1.807) is 17.9 Å². The monoisotopic (exact) mass is 387 g/mol. The first-order valence-corrected chi connectivity index (χ1v) is 8.16. The van der Waals surface area contributed by atoms with Gasteiger partial charge in [-0.15, -0.1) is 0 Å². The lowest BCUT2D eigenvalue weighted by molar-refractivity contribution is 0.0115. The zero-order chi connectivity index (χ0) is 16.6. The molecular weight excluding hydrogens is 372 g/mol. The Bertz CT molecular complexity index is 744. The second-order valence-electron chi connectivity index (χ2n) is 5.63. The molecule has 1 fully saturated rings. The second kappa shape index (κ2) is 6.20. The lowest BCUT2D eigenvalue weighted by atomic mass is 10.1. The molecule has 1 saturated heterocycles. The van der Waals surface area contributed by atoms with Gasteiger partial charge in [-0.25, -0.2) is 13.6 Å². The minimum atomic E-state index is -2.63. The van der Waals surface area contributed by atoms with Crippen LogP contribution in [0, 0.1) is 0 Å². The number of fused-ring (bicyclic) bond motifs is 1. The van der Waals surface area contributed by atoms with Crippen molar-refractivity contribution in [2.45, 2.75) is 25.8 Å². The largest absolute Gasteiger partial charge is 0.463 e. The molecule has 1 aromatic carbocycles. The van der Waals surface area contributed by atoms with E-state index in [1.807, 2.05) is 6.07 Å². The van der Waals surface area contributed by atoms with Crippen LogP contribution in [0.15, 0.2) is 27.3 Å². The summed E-state index contributed by atoms with van der Waals surface area (Å²) in [5, 5.41) is 0.624. The summed E-state index contributed by atoms with van der Waals surface area (Å²) in [6.07, 6.45) is 1.23. The van der Waals surface area contributed by atoms with Crippen molar-refractivity contribution in [1.82, 2.24) is 4.90 Å². The SMILES string of the molecule is CCOC(=O)c1coc2c(CN3CCC(F)(F)C3)cc(Br)cc12. The van der Waals surface area contributed by atoms with E-state index in [9.17, 15) is 13.6 Å². The first-order valence-electron chi connectivity index (χ1n) is 7.36. The third-order valence-electron chi connectivity index (χ3n) is 3.85. The van der Waals surface area contributed by atoms with Crippen molar-refractivity contribution in [1.29, 1.82) is 0 Å². The van der Waals surface area contributed by atoms with Gasteiger partial charge in [-0.2, -0.15) is 0 Å². The van der Waals surface area contributed by atoms with E-state index in [4.69, 9.17) is 9.15 Å². The Morgan fingerprint density at radius 3 is 2.91 bits per heavy atom. The van der Waals surface area contributed by atoms with Gasteiger partial charge in [0.05, 0.1) is 13.2 Å². The lowest BCUT2D eigenvalue weighted by Crippen LogP contribution is -2.24. The molecule has 7 heteroatoms. The Hall–Kier alpha value is -1.47. The number of alkyl halides is 2. The zero-order valence-electron chi connectivity index (χ0n) is 12.6. The van der Waals surface area contributed by atoms with Crippen molar-refractivity contribution in [2.24, 2.45) is 0 Å². The summed E-state index contributed by atoms with van der Waals surface area (Å²) in [7, 11) is 0. The molecule has 1 aliphatic rings. The summed E-state index contributed by atoms with van der Waals surface area (Å²) in [5.41, 5.74) is 1.64. The highest BCUT2D eigenvalue weighted by molar-refractivity contribution is 9.10. The Kier molecular flexibility index (Phi) is 4.42. The summed E-state index contributed by atoms with van der Waals surface area (Å²) in [6, 6.07) is 3.60. The minimum Gasteiger partial charge on any atom is -0.463 e. The third-order valence-corrected chi connectivity index (χ3v) is 4.31. The maximum absolute atomic E-state index is 13.3. The number of nitrogens with zero attached hydrogens (tertiary/aromatic N) is 1. The fourth-order valence-corrected chi connectivity index (χ4v) is 3.34. The first kappa shape index (κ1) is 16.4. The number of benzene rings is 1. The number of ether oxygens (including phenoxy) is 1. The van der Waals surface area contributed by atoms with Gasteiger partial charge >= 0.3 is 5.97 Å². The molecular formula is C16H16BrF2NO3. The average molecular weight is 388 g/mol. The second-order valence-corrected chi connectivity index (χ2v) is 6.54. The Morgan fingerprint density at radius 2 is 2.26 bits per heavy atom. The number of halogens is 3. The molecule has 124 valence electrons. The van der Waals surface area contributed by atoms with Crippen molar-refractivity contribution < 1.29 is 22.7 Å². The summed E-state index contributed by atoms with van der Waals surface area (Å²) >= 11 is 3.40. The van der Waals surface area contributed by atoms with Crippen LogP contribution >= 0.6 is 15.9 Å². The molecule has 0 spiro atoms. The topological polar surface area (TPSA) is 42.7 Å². The number of furan rings is 1. The molecule has 2 aromatic rings. The van der Waals surface area contributed by atoms with Crippen LogP contribution in [-0.2, 0) is 11.3 Å². The average Bonchev–Trinajstić information content (AvgIpc) is 3.02. The van der Waals surface area contributed by atoms with E-state index in [2.05, 4.69) is 15.9 Å². The minimum absolute atomic E-state index is 0.129. The van der Waals surface area contributed by atoms with Crippen LogP contribution in [0.1, 0.15) is 29.3 Å². The number of hydrogen-bond acceptors (Lipinski definition) is 4. The maximum Gasteiger partial charge on any atom is 0.342 e. The smallest absolute Gasteiger partial charge is 0.342 e. The number of likely N-dealkylation sites (tertiary alicyclic amines) is 1. The van der Waals surface area contributed by atoms with E-state index in [0.29, 0.717) is 29.6 Å². The predicted molar refractivity (Wildman–Crippen MR) is 84.7 cm³/mol. The first-order chi connectivity index (χ1) is 10.9. The molecule has 1 aliphatic heterocycles. The van der Waals surface area contributed by atoms with Gasteiger partial charge in [0.1, 0.15) is 17.4 Å². The van der Waals surface area contributed by atoms with Crippen molar-refractivity contribution in [2.75, 3.05) is 19.7 Å². The van der Waals surface area contributed by atoms with Crippen molar-refractivity contribution in [3.63, 3.8) is 0 Å². The van der Waals surface area contributed by atoms with E-state index >= 15 is 0 Å². The molecule has 0 atom stereocenters. The molecule has 3 rings (SSSR count). The molecule has 0 radical (unpaired) electrons. The summed E-state index contributed by atoms with van der Waals surface area (Å²) < 4.78 is 38.0. The highest BCUT2D eigenvalue weighted by Gasteiger charge is 2.38. The van der Waals surface area contributed by atoms with Gasteiger partial charge in [-0.05, 0) is 19.1 Å². The molecule has 0 unspecified atom stereocenters. The quantitative estimate of drug-likeness (QED) is 0.736. The van der Waals surface area contributed by atoms with Gasteiger partial charge in [-0.1, -0.05) is 15.9 Å². The number of hydrogen-bond donors (Lipinski definition) is 0. The van der Waals surface area contributed by atoms with E-state index < -0.39 is 11.9 Å². The van der Waals surface area contributed by atoms with Gasteiger partial charge in [0, 0.05) is 34.9 Å². The summed E-state index contributed by atoms with van der Waals surface area (Å²) in [5.74, 6) is -3.09. The molecule has 0 saturated carbocycles. The molecule has 0 aliphatic carbocycles. The fraction of sp³-hybridized carbons (Fsp3) is 0.438. The normalized spacial score (nSPS) is 17.7. The number of rotatable bonds is 4. The van der Waals surface area contributed by atoms with E-state index in [-0.39, 0.29) is 19.6 Å². The van der Waals surface area contributed by atoms with Gasteiger partial charge in [0.15, 0.2) is 0 Å². The van der Waals surface area contributed by atoms with Crippen LogP contribution in [0.4, 0.5) is 8.78 Å². The molecule has 1 aromatic heterocycles. The Balaban J connectivity index is 1.93. The van der Waals surface area contributed by atoms with E-state index in [1.165, 1.54) is 6.26 Å². The van der Waals surface area contributed by atoms with Crippen LogP contribution in [0.25, 0.3) is 11.0 Å². The molecule has 0 N–H and O–H groups in total. The van der Waals surface area contributed by atoms with Crippen LogP contribution in [0.2, 0.25) is 0 Å². The van der Waals surface area contributed by atoms with Crippen LogP contribution in [0.3, 0.4) is 0 Å². The number of carbonyl (C=O) groups excluding carboxylic acids is 1. The van der Waals surface area contributed by atoms with Crippen LogP contribution < -0.4 is 0 Å². The van der Waals surface area contributed by atoms with Crippen LogP contribution in [-0.4, -0.2) is 36.5 Å². The lowest BCUT2D eigenvalue weighted by Gasteiger charge is -2.16. The Labute approximate surface area is 140 Å². The predicted octanol–water partition coefficient (Wildman–Crippen LogP) is 4.21. The van der Waals surface area contributed by atoms with Gasteiger partial charge in [0.25, 0.3) is 5.92 Å². The zero-order valence-corrected chi connectivity index (χ0v) is 14.2. The Morgan fingerprint density at radius 1 is 1.48 bits per heavy atom. The molecule has 23 heavy (non-hydrogen) atoms. The number of esters is 1. The number of carbonyl (C=O) groups is 1. The molecule has 2 heterocycles. The van der Waals surface area contributed by atoms with Crippen molar-refractivity contribution in [3.8, 4) is 0 Å². The summed E-state index contributed by atoms with van der Waals surface area (Å²) in [6.45, 7) is 2.44. The van der Waals surface area contributed by atoms with E-state index in [0.717, 1.165) is 10.0 Å². The molecule has 0 bridgehead atoms. The van der Waals surface area contributed by atoms with Gasteiger partial charge in [0.2, 0.25) is 0 Å². The fourth-order valence-electron chi connectivity index (χ4n) is 2.84. The standard InChI is InChI=1S/C16H16BrF2NO3/c1-2-22-15(21)13-8-23-14-10(5-11(17)6-12(13)14)7-20-4-3-16(18,19)9-20/h5-6,8H,2-4,7,9H2,1H3. The maximum atomic E-state index is 13.3. The molecule has 0 amide bonds. The highest BCUT2D eigenvalue weighted by atomic mass is 79.9. The van der Waals surface area contributed by atoms with Gasteiger partial charge < -0.3 is 9.15 Å². The van der Waals surface area contributed by atoms with Crippen molar-refractivity contribution >= 4 is 32.9 Å². The highest BCUT2D eigenvalue weighted by Crippen LogP contribution is 2.33. The summed E-state index contributed by atoms with van der Waals surface area (Å²) in [4.78, 5) is 13.7. The van der Waals surface area contributed by atoms with Crippen molar-refractivity contribution in [3.05, 3.63) is 34.0 Å². The molecule has 4 nitrogen and oxygen atoms in total. The van der Waals surface area contributed by atoms with Crippen LogP contribution in [0.5, 0.6) is 0 Å². The van der Waals surface area contributed by atoms with Gasteiger partial charge in [-0.3, -0.25) is 4.90 Å².